The summed E-state index contributed by atoms with van der Waals surface area (Å²) in [6.45, 7) is 1.33. The van der Waals surface area contributed by atoms with E-state index in [-0.39, 0.29) is 5.82 Å². The van der Waals surface area contributed by atoms with Crippen LogP contribution in [0.4, 0.5) is 4.39 Å². The Balaban J connectivity index is 1.83. The SMILES string of the molecule is COc1cccc(CNCCc2ccccc2)c1F. The fraction of sp³-hybridized carbons (Fsp3) is 0.250. The maximum atomic E-state index is 13.9. The van der Waals surface area contributed by atoms with Crippen LogP contribution in [0, 0.1) is 5.82 Å². The van der Waals surface area contributed by atoms with Gasteiger partial charge in [-0.05, 0) is 24.6 Å². The van der Waals surface area contributed by atoms with Gasteiger partial charge < -0.3 is 10.1 Å². The third-order valence-corrected chi connectivity index (χ3v) is 3.01. The molecule has 1 N–H and O–H groups in total. The average molecular weight is 259 g/mol. The van der Waals surface area contributed by atoms with Crippen molar-refractivity contribution in [3.63, 3.8) is 0 Å². The van der Waals surface area contributed by atoms with Gasteiger partial charge in [-0.3, -0.25) is 0 Å². The molecule has 0 saturated heterocycles. The molecule has 3 heteroatoms. The van der Waals surface area contributed by atoms with Crippen molar-refractivity contribution in [3.8, 4) is 5.75 Å². The monoisotopic (exact) mass is 259 g/mol. The van der Waals surface area contributed by atoms with Crippen molar-refractivity contribution in [3.05, 3.63) is 65.5 Å². The highest BCUT2D eigenvalue weighted by molar-refractivity contribution is 5.30. The van der Waals surface area contributed by atoms with Crippen molar-refractivity contribution in [2.75, 3.05) is 13.7 Å². The fourth-order valence-electron chi connectivity index (χ4n) is 1.95. The van der Waals surface area contributed by atoms with Gasteiger partial charge in [-0.25, -0.2) is 4.39 Å². The van der Waals surface area contributed by atoms with Crippen LogP contribution in [-0.4, -0.2) is 13.7 Å². The van der Waals surface area contributed by atoms with Crippen LogP contribution in [0.2, 0.25) is 0 Å². The first-order chi connectivity index (χ1) is 9.31. The minimum absolute atomic E-state index is 0.280. The number of methoxy groups -OCH3 is 1. The Morgan fingerprint density at radius 3 is 2.58 bits per heavy atom. The van der Waals surface area contributed by atoms with E-state index in [1.807, 2.05) is 18.2 Å². The van der Waals surface area contributed by atoms with Gasteiger partial charge in [0.05, 0.1) is 7.11 Å². The molecule has 0 aliphatic carbocycles. The number of benzene rings is 2. The van der Waals surface area contributed by atoms with Gasteiger partial charge in [0.25, 0.3) is 0 Å². The highest BCUT2D eigenvalue weighted by Gasteiger charge is 2.07. The molecule has 0 aliphatic heterocycles. The number of hydrogen-bond acceptors (Lipinski definition) is 2. The number of ether oxygens (including phenoxy) is 1. The van der Waals surface area contributed by atoms with E-state index in [2.05, 4.69) is 17.4 Å². The summed E-state index contributed by atoms with van der Waals surface area (Å²) in [6.07, 6.45) is 0.937. The standard InChI is InChI=1S/C16H18FNO/c1-19-15-9-5-8-14(16(15)17)12-18-11-10-13-6-3-2-4-7-13/h2-9,18H,10-12H2,1H3. The first-order valence-electron chi connectivity index (χ1n) is 6.37. The van der Waals surface area contributed by atoms with E-state index in [1.165, 1.54) is 12.7 Å². The van der Waals surface area contributed by atoms with Gasteiger partial charge in [0.15, 0.2) is 11.6 Å². The second kappa shape index (κ2) is 6.90. The third kappa shape index (κ3) is 3.80. The van der Waals surface area contributed by atoms with Gasteiger partial charge >= 0.3 is 0 Å². The van der Waals surface area contributed by atoms with Crippen LogP contribution in [0.15, 0.2) is 48.5 Å². The molecule has 19 heavy (non-hydrogen) atoms. The fourth-order valence-corrected chi connectivity index (χ4v) is 1.95. The molecular weight excluding hydrogens is 241 g/mol. The lowest BCUT2D eigenvalue weighted by atomic mass is 10.1. The Hall–Kier alpha value is -1.87. The lowest BCUT2D eigenvalue weighted by Crippen LogP contribution is -2.17. The van der Waals surface area contributed by atoms with Crippen LogP contribution < -0.4 is 10.1 Å². The molecule has 0 unspecified atom stereocenters. The average Bonchev–Trinajstić information content (AvgIpc) is 2.46. The smallest absolute Gasteiger partial charge is 0.169 e. The van der Waals surface area contributed by atoms with Gasteiger partial charge in [-0.15, -0.1) is 0 Å². The van der Waals surface area contributed by atoms with E-state index < -0.39 is 0 Å². The Kier molecular flexibility index (Phi) is 4.93. The molecule has 2 rings (SSSR count). The van der Waals surface area contributed by atoms with Crippen molar-refractivity contribution in [2.45, 2.75) is 13.0 Å². The van der Waals surface area contributed by atoms with Crippen LogP contribution in [0.1, 0.15) is 11.1 Å². The molecule has 0 aliphatic rings. The second-order valence-corrected chi connectivity index (χ2v) is 4.35. The Labute approximate surface area is 113 Å². The topological polar surface area (TPSA) is 21.3 Å². The summed E-state index contributed by atoms with van der Waals surface area (Å²) in [6, 6.07) is 15.4. The summed E-state index contributed by atoms with van der Waals surface area (Å²) in [5.74, 6) is 0.0135. The number of hydrogen-bond donors (Lipinski definition) is 1. The zero-order valence-corrected chi connectivity index (χ0v) is 11.0. The van der Waals surface area contributed by atoms with E-state index in [1.54, 1.807) is 18.2 Å². The van der Waals surface area contributed by atoms with E-state index in [9.17, 15) is 4.39 Å². The Bertz CT molecular complexity index is 513. The predicted molar refractivity (Wildman–Crippen MR) is 74.8 cm³/mol. The summed E-state index contributed by atoms with van der Waals surface area (Å²) >= 11 is 0. The van der Waals surface area contributed by atoms with E-state index in [4.69, 9.17) is 4.74 Å². The van der Waals surface area contributed by atoms with Gasteiger partial charge in [0.2, 0.25) is 0 Å². The molecule has 0 atom stereocenters. The molecule has 0 amide bonds. The summed E-state index contributed by atoms with van der Waals surface area (Å²) in [7, 11) is 1.48. The zero-order chi connectivity index (χ0) is 13.5. The molecule has 0 heterocycles. The summed E-state index contributed by atoms with van der Waals surface area (Å²) < 4.78 is 18.8. The van der Waals surface area contributed by atoms with Crippen molar-refractivity contribution < 1.29 is 9.13 Å². The predicted octanol–water partition coefficient (Wildman–Crippen LogP) is 3.17. The molecule has 0 spiro atoms. The molecular formula is C16H18FNO. The molecule has 2 aromatic carbocycles. The molecule has 0 aromatic heterocycles. The molecule has 0 radical (unpaired) electrons. The van der Waals surface area contributed by atoms with Gasteiger partial charge in [0.1, 0.15) is 0 Å². The third-order valence-electron chi connectivity index (χ3n) is 3.01. The number of rotatable bonds is 6. The van der Waals surface area contributed by atoms with E-state index in [0.29, 0.717) is 17.9 Å². The second-order valence-electron chi connectivity index (χ2n) is 4.35. The van der Waals surface area contributed by atoms with E-state index >= 15 is 0 Å². The normalized spacial score (nSPS) is 10.4. The van der Waals surface area contributed by atoms with Gasteiger partial charge in [-0.1, -0.05) is 42.5 Å². The summed E-state index contributed by atoms with van der Waals surface area (Å²) in [5.41, 5.74) is 1.91. The Morgan fingerprint density at radius 1 is 1.05 bits per heavy atom. The zero-order valence-electron chi connectivity index (χ0n) is 11.0. The van der Waals surface area contributed by atoms with Crippen molar-refractivity contribution in [1.82, 2.24) is 5.32 Å². The highest BCUT2D eigenvalue weighted by Crippen LogP contribution is 2.19. The molecule has 0 bridgehead atoms. The maximum Gasteiger partial charge on any atom is 0.169 e. The molecule has 0 fully saturated rings. The maximum absolute atomic E-state index is 13.9. The summed E-state index contributed by atoms with van der Waals surface area (Å²) in [4.78, 5) is 0. The van der Waals surface area contributed by atoms with Gasteiger partial charge in [0, 0.05) is 12.1 Å². The minimum atomic E-state index is -0.280. The van der Waals surface area contributed by atoms with Crippen molar-refractivity contribution in [2.24, 2.45) is 0 Å². The largest absolute Gasteiger partial charge is 0.494 e. The van der Waals surface area contributed by atoms with Crippen LogP contribution >= 0.6 is 0 Å². The molecule has 2 aromatic rings. The first kappa shape index (κ1) is 13.6. The Morgan fingerprint density at radius 2 is 1.84 bits per heavy atom. The van der Waals surface area contributed by atoms with E-state index in [0.717, 1.165) is 13.0 Å². The van der Waals surface area contributed by atoms with Crippen LogP contribution in [0.25, 0.3) is 0 Å². The first-order valence-corrected chi connectivity index (χ1v) is 6.37. The van der Waals surface area contributed by atoms with Crippen LogP contribution in [-0.2, 0) is 13.0 Å². The number of halogens is 1. The summed E-state index contributed by atoms with van der Waals surface area (Å²) in [5, 5.41) is 3.25. The molecule has 0 saturated carbocycles. The molecule has 2 nitrogen and oxygen atoms in total. The molecule has 100 valence electrons. The minimum Gasteiger partial charge on any atom is -0.494 e. The quantitative estimate of drug-likeness (QED) is 0.805. The van der Waals surface area contributed by atoms with Crippen LogP contribution in [0.5, 0.6) is 5.75 Å². The van der Waals surface area contributed by atoms with Crippen molar-refractivity contribution in [1.29, 1.82) is 0 Å². The highest BCUT2D eigenvalue weighted by atomic mass is 19.1. The lowest BCUT2D eigenvalue weighted by molar-refractivity contribution is 0.383. The van der Waals surface area contributed by atoms with Crippen LogP contribution in [0.3, 0.4) is 0 Å². The lowest BCUT2D eigenvalue weighted by Gasteiger charge is -2.08. The van der Waals surface area contributed by atoms with Crippen molar-refractivity contribution >= 4 is 0 Å². The van der Waals surface area contributed by atoms with Gasteiger partial charge in [-0.2, -0.15) is 0 Å². The number of nitrogens with one attached hydrogen (secondary N) is 1.